The molecule has 2 aromatic rings. The van der Waals surface area contributed by atoms with E-state index in [9.17, 15) is 4.39 Å². The van der Waals surface area contributed by atoms with Crippen LogP contribution in [0.5, 0.6) is 0 Å². The smallest absolute Gasteiger partial charge is 0.405 e. The molecule has 22 heavy (non-hydrogen) atoms. The summed E-state index contributed by atoms with van der Waals surface area (Å²) in [4.78, 5) is 0. The highest BCUT2D eigenvalue weighted by Gasteiger charge is 2.38. The van der Waals surface area contributed by atoms with Gasteiger partial charge in [0.1, 0.15) is 5.82 Å². The molecule has 3 rings (SSSR count). The van der Waals surface area contributed by atoms with E-state index in [0.29, 0.717) is 5.56 Å². The molecule has 0 amide bonds. The Balaban J connectivity index is 1.89. The predicted molar refractivity (Wildman–Crippen MR) is 87.6 cm³/mol. The van der Waals surface area contributed by atoms with Gasteiger partial charge in [0.2, 0.25) is 0 Å². The molecule has 4 heteroatoms. The van der Waals surface area contributed by atoms with Crippen LogP contribution in [0, 0.1) is 5.82 Å². The lowest BCUT2D eigenvalue weighted by Gasteiger charge is -2.38. The zero-order chi connectivity index (χ0) is 15.7. The molecule has 0 spiro atoms. The second kappa shape index (κ2) is 5.86. The lowest BCUT2D eigenvalue weighted by Crippen LogP contribution is -2.51. The number of halogens is 1. The third-order valence-electron chi connectivity index (χ3n) is 3.91. The Hall–Kier alpha value is -1.65. The first-order valence-corrected chi connectivity index (χ1v) is 7.63. The summed E-state index contributed by atoms with van der Waals surface area (Å²) < 4.78 is 26.2. The van der Waals surface area contributed by atoms with E-state index in [1.807, 2.05) is 57.2 Å². The van der Waals surface area contributed by atoms with Gasteiger partial charge in [0.05, 0.1) is 5.60 Å². The number of hydrogen-bond donors (Lipinski definition) is 0. The van der Waals surface area contributed by atoms with E-state index in [4.69, 9.17) is 9.31 Å². The average molecular weight is 298 g/mol. The van der Waals surface area contributed by atoms with Crippen molar-refractivity contribution in [3.63, 3.8) is 0 Å². The molecule has 0 saturated carbocycles. The van der Waals surface area contributed by atoms with Crippen molar-refractivity contribution in [2.24, 2.45) is 0 Å². The Kier molecular flexibility index (Phi) is 4.07. The summed E-state index contributed by atoms with van der Waals surface area (Å²) in [5.74, 6) is -0.257. The van der Waals surface area contributed by atoms with Gasteiger partial charge >= 0.3 is 7.12 Å². The quantitative estimate of drug-likeness (QED) is 0.785. The van der Waals surface area contributed by atoms with Crippen molar-refractivity contribution >= 4 is 12.6 Å². The monoisotopic (exact) mass is 298 g/mol. The Morgan fingerprint density at radius 3 is 2.50 bits per heavy atom. The van der Waals surface area contributed by atoms with Crippen LogP contribution in [0.25, 0.3) is 11.1 Å². The minimum Gasteiger partial charge on any atom is -0.405 e. The van der Waals surface area contributed by atoms with Gasteiger partial charge in [-0.15, -0.1) is 0 Å². The normalized spacial score (nSPS) is 20.9. The fourth-order valence-corrected chi connectivity index (χ4v) is 2.99. The Morgan fingerprint density at radius 1 is 1.14 bits per heavy atom. The van der Waals surface area contributed by atoms with Crippen LogP contribution in [0.4, 0.5) is 4.39 Å². The Labute approximate surface area is 131 Å². The molecular formula is C18H20BFO2. The fourth-order valence-electron chi connectivity index (χ4n) is 2.99. The zero-order valence-corrected chi connectivity index (χ0v) is 13.2. The molecule has 0 radical (unpaired) electrons. The maximum atomic E-state index is 14.5. The molecule has 1 saturated heterocycles. The van der Waals surface area contributed by atoms with E-state index in [2.05, 4.69) is 0 Å². The van der Waals surface area contributed by atoms with Crippen molar-refractivity contribution in [2.45, 2.75) is 38.9 Å². The van der Waals surface area contributed by atoms with Crippen LogP contribution < -0.4 is 5.46 Å². The van der Waals surface area contributed by atoms with Crippen molar-refractivity contribution in [3.8, 4) is 11.1 Å². The molecular weight excluding hydrogens is 278 g/mol. The van der Waals surface area contributed by atoms with Gasteiger partial charge in [-0.3, -0.25) is 0 Å². The van der Waals surface area contributed by atoms with Crippen molar-refractivity contribution in [3.05, 3.63) is 54.3 Å². The van der Waals surface area contributed by atoms with Gasteiger partial charge in [0.25, 0.3) is 0 Å². The fraction of sp³-hybridized carbons (Fsp3) is 0.333. The molecule has 1 atom stereocenters. The molecule has 114 valence electrons. The van der Waals surface area contributed by atoms with Gasteiger partial charge in [-0.2, -0.15) is 0 Å². The highest BCUT2D eigenvalue weighted by molar-refractivity contribution is 6.61. The van der Waals surface area contributed by atoms with Crippen LogP contribution in [0.15, 0.2) is 48.5 Å². The molecule has 1 fully saturated rings. The van der Waals surface area contributed by atoms with Gasteiger partial charge in [-0.25, -0.2) is 4.39 Å². The third kappa shape index (κ3) is 3.23. The summed E-state index contributed by atoms with van der Waals surface area (Å²) in [6, 6.07) is 14.7. The largest absolute Gasteiger partial charge is 0.494 e. The van der Waals surface area contributed by atoms with Gasteiger partial charge in [-0.05, 0) is 44.3 Å². The average Bonchev–Trinajstić information content (AvgIpc) is 2.46. The lowest BCUT2D eigenvalue weighted by molar-refractivity contribution is -0.0230. The molecule has 0 aromatic heterocycles. The summed E-state index contributed by atoms with van der Waals surface area (Å²) >= 11 is 0. The van der Waals surface area contributed by atoms with Crippen LogP contribution >= 0.6 is 0 Å². The first-order chi connectivity index (χ1) is 10.4. The Morgan fingerprint density at radius 2 is 1.86 bits per heavy atom. The number of hydrogen-bond acceptors (Lipinski definition) is 2. The van der Waals surface area contributed by atoms with Crippen LogP contribution in [0.1, 0.15) is 27.2 Å². The number of rotatable bonds is 2. The second-order valence-electron chi connectivity index (χ2n) is 6.47. The summed E-state index contributed by atoms with van der Waals surface area (Å²) in [5, 5.41) is 0. The van der Waals surface area contributed by atoms with Crippen molar-refractivity contribution < 1.29 is 13.7 Å². The van der Waals surface area contributed by atoms with Crippen molar-refractivity contribution in [1.82, 2.24) is 0 Å². The molecule has 0 bridgehead atoms. The summed E-state index contributed by atoms with van der Waals surface area (Å²) in [5.41, 5.74) is 1.91. The molecule has 1 unspecified atom stereocenters. The van der Waals surface area contributed by atoms with Gasteiger partial charge in [0.15, 0.2) is 0 Å². The van der Waals surface area contributed by atoms with E-state index in [0.717, 1.165) is 17.4 Å². The van der Waals surface area contributed by atoms with Crippen LogP contribution in [0.3, 0.4) is 0 Å². The van der Waals surface area contributed by atoms with E-state index < -0.39 is 7.12 Å². The minimum atomic E-state index is -0.516. The summed E-state index contributed by atoms with van der Waals surface area (Å²) in [6.07, 6.45) is 0.916. The summed E-state index contributed by atoms with van der Waals surface area (Å²) in [6.45, 7) is 6.09. The molecule has 1 aliphatic heterocycles. The molecule has 1 heterocycles. The zero-order valence-electron chi connectivity index (χ0n) is 13.2. The maximum Gasteiger partial charge on any atom is 0.494 e. The van der Waals surface area contributed by atoms with Crippen LogP contribution in [-0.4, -0.2) is 18.8 Å². The lowest BCUT2D eigenvalue weighted by atomic mass is 9.74. The maximum absolute atomic E-state index is 14.5. The SMILES string of the molecule is CC1CC(C)(C)OB(c2ccc(-c3ccccc3)c(F)c2)O1. The van der Waals surface area contributed by atoms with Gasteiger partial charge in [0, 0.05) is 11.7 Å². The molecule has 0 N–H and O–H groups in total. The first-order valence-electron chi connectivity index (χ1n) is 7.63. The van der Waals surface area contributed by atoms with Crippen molar-refractivity contribution in [1.29, 1.82) is 0 Å². The van der Waals surface area contributed by atoms with Crippen molar-refractivity contribution in [2.75, 3.05) is 0 Å². The third-order valence-corrected chi connectivity index (χ3v) is 3.91. The second-order valence-corrected chi connectivity index (χ2v) is 6.47. The Bertz CT molecular complexity index is 657. The number of benzene rings is 2. The topological polar surface area (TPSA) is 18.5 Å². The van der Waals surface area contributed by atoms with E-state index in [1.54, 1.807) is 6.07 Å². The minimum absolute atomic E-state index is 0.0885. The predicted octanol–water partition coefficient (Wildman–Crippen LogP) is 3.79. The highest BCUT2D eigenvalue weighted by Crippen LogP contribution is 2.27. The van der Waals surface area contributed by atoms with E-state index >= 15 is 0 Å². The molecule has 2 nitrogen and oxygen atoms in total. The van der Waals surface area contributed by atoms with Gasteiger partial charge < -0.3 is 9.31 Å². The summed E-state index contributed by atoms with van der Waals surface area (Å²) in [7, 11) is -0.516. The molecule has 1 aliphatic rings. The first kappa shape index (κ1) is 15.3. The highest BCUT2D eigenvalue weighted by atomic mass is 19.1. The van der Waals surface area contributed by atoms with Gasteiger partial charge in [-0.1, -0.05) is 42.5 Å². The van der Waals surface area contributed by atoms with Crippen LogP contribution in [-0.2, 0) is 9.31 Å². The van der Waals surface area contributed by atoms with E-state index in [-0.39, 0.29) is 17.5 Å². The van der Waals surface area contributed by atoms with Crippen LogP contribution in [0.2, 0.25) is 0 Å². The molecule has 0 aliphatic carbocycles. The van der Waals surface area contributed by atoms with E-state index in [1.165, 1.54) is 6.07 Å². The standard InChI is InChI=1S/C18H20BFO2/c1-13-12-18(2,3)22-19(21-13)15-9-10-16(17(20)11-15)14-7-5-4-6-8-14/h4-11,13H,12H2,1-3H3. The molecule has 2 aromatic carbocycles.